The maximum absolute atomic E-state index is 4.68. The van der Waals surface area contributed by atoms with Crippen LogP contribution in [-0.2, 0) is 6.42 Å². The number of rotatable bonds is 4. The summed E-state index contributed by atoms with van der Waals surface area (Å²) in [6.07, 6.45) is 5.55. The third kappa shape index (κ3) is 2.04. The molecular weight excluding hydrogens is 228 g/mol. The molecule has 2 aliphatic carbocycles. The van der Waals surface area contributed by atoms with Crippen LogP contribution in [0, 0.1) is 31.6 Å². The summed E-state index contributed by atoms with van der Waals surface area (Å²) in [6, 6.07) is 0.662. The Morgan fingerprint density at radius 1 is 1.35 bits per heavy atom. The average molecular weight is 250 g/mol. The lowest BCUT2D eigenvalue weighted by Crippen LogP contribution is -2.31. The van der Waals surface area contributed by atoms with Crippen LogP contribution >= 0.6 is 11.3 Å². The van der Waals surface area contributed by atoms with Gasteiger partial charge in [-0.15, -0.1) is 11.3 Å². The fourth-order valence-electron chi connectivity index (χ4n) is 3.72. The quantitative estimate of drug-likeness (QED) is 0.888. The molecule has 3 rings (SSSR count). The van der Waals surface area contributed by atoms with E-state index in [-0.39, 0.29) is 0 Å². The van der Waals surface area contributed by atoms with Crippen molar-refractivity contribution < 1.29 is 0 Å². The van der Waals surface area contributed by atoms with Gasteiger partial charge in [-0.2, -0.15) is 0 Å². The predicted molar refractivity (Wildman–Crippen MR) is 72.5 cm³/mol. The van der Waals surface area contributed by atoms with Gasteiger partial charge in [0.15, 0.2) is 0 Å². The van der Waals surface area contributed by atoms with Gasteiger partial charge in [-0.1, -0.05) is 6.42 Å². The van der Waals surface area contributed by atoms with Crippen molar-refractivity contribution in [2.24, 2.45) is 17.8 Å². The van der Waals surface area contributed by atoms with E-state index in [0.717, 1.165) is 24.2 Å². The Labute approximate surface area is 108 Å². The van der Waals surface area contributed by atoms with Crippen molar-refractivity contribution in [2.75, 3.05) is 7.05 Å². The smallest absolute Gasteiger partial charge is 0.0946 e. The minimum Gasteiger partial charge on any atom is -0.316 e. The molecule has 3 unspecified atom stereocenters. The summed E-state index contributed by atoms with van der Waals surface area (Å²) in [5.74, 6) is 3.02. The zero-order chi connectivity index (χ0) is 12.0. The van der Waals surface area contributed by atoms with Crippen molar-refractivity contribution in [3.63, 3.8) is 0 Å². The number of fused-ring (bicyclic) bond motifs is 1. The molecule has 2 saturated carbocycles. The lowest BCUT2D eigenvalue weighted by Gasteiger charge is -2.16. The van der Waals surface area contributed by atoms with Crippen molar-refractivity contribution in [3.8, 4) is 0 Å². The van der Waals surface area contributed by atoms with Crippen molar-refractivity contribution in [1.82, 2.24) is 10.3 Å². The van der Waals surface area contributed by atoms with Crippen LogP contribution in [0.5, 0.6) is 0 Å². The van der Waals surface area contributed by atoms with Crippen LogP contribution in [0.15, 0.2) is 0 Å². The van der Waals surface area contributed by atoms with E-state index in [4.69, 9.17) is 0 Å². The molecular formula is C14H22N2S. The molecule has 1 aromatic heterocycles. The van der Waals surface area contributed by atoms with E-state index >= 15 is 0 Å². The van der Waals surface area contributed by atoms with E-state index in [1.54, 1.807) is 0 Å². The molecule has 0 aliphatic heterocycles. The minimum atomic E-state index is 0.662. The second-order valence-electron chi connectivity index (χ2n) is 5.68. The second-order valence-corrected chi connectivity index (χ2v) is 6.97. The molecule has 0 amide bonds. The van der Waals surface area contributed by atoms with E-state index in [2.05, 4.69) is 31.2 Å². The third-order valence-corrected chi connectivity index (χ3v) is 5.87. The third-order valence-electron chi connectivity index (χ3n) is 4.78. The summed E-state index contributed by atoms with van der Waals surface area (Å²) in [6.45, 7) is 4.30. The number of hydrogen-bond acceptors (Lipinski definition) is 3. The van der Waals surface area contributed by atoms with E-state index < -0.39 is 0 Å². The van der Waals surface area contributed by atoms with Crippen LogP contribution in [0.25, 0.3) is 0 Å². The zero-order valence-electron chi connectivity index (χ0n) is 11.0. The van der Waals surface area contributed by atoms with Gasteiger partial charge in [-0.25, -0.2) is 4.98 Å². The second kappa shape index (κ2) is 4.36. The maximum Gasteiger partial charge on any atom is 0.0946 e. The highest BCUT2D eigenvalue weighted by Crippen LogP contribution is 2.59. The highest BCUT2D eigenvalue weighted by Gasteiger charge is 2.55. The fraction of sp³-hybridized carbons (Fsp3) is 0.786. The highest BCUT2D eigenvalue weighted by atomic mass is 32.1. The Hall–Kier alpha value is -0.410. The first-order valence-corrected chi connectivity index (χ1v) is 7.62. The van der Waals surface area contributed by atoms with Crippen LogP contribution < -0.4 is 5.32 Å². The van der Waals surface area contributed by atoms with E-state index in [0.29, 0.717) is 6.04 Å². The molecule has 2 fully saturated rings. The van der Waals surface area contributed by atoms with E-state index in [1.165, 1.54) is 34.8 Å². The molecule has 0 aromatic carbocycles. The summed E-state index contributed by atoms with van der Waals surface area (Å²) in [4.78, 5) is 6.06. The number of aryl methyl sites for hydroxylation is 2. The first kappa shape index (κ1) is 11.7. The lowest BCUT2D eigenvalue weighted by atomic mass is 10.0. The lowest BCUT2D eigenvalue weighted by molar-refractivity contribution is 0.428. The summed E-state index contributed by atoms with van der Waals surface area (Å²) < 4.78 is 0. The van der Waals surface area contributed by atoms with Gasteiger partial charge in [-0.05, 0) is 51.5 Å². The summed E-state index contributed by atoms with van der Waals surface area (Å²) in [5.41, 5.74) is 1.22. The van der Waals surface area contributed by atoms with Gasteiger partial charge in [0.25, 0.3) is 0 Å². The first-order valence-electron chi connectivity index (χ1n) is 6.81. The van der Waals surface area contributed by atoms with Gasteiger partial charge in [0, 0.05) is 17.3 Å². The van der Waals surface area contributed by atoms with Crippen LogP contribution in [0.4, 0.5) is 0 Å². The first-order chi connectivity index (χ1) is 8.20. The molecule has 1 heterocycles. The van der Waals surface area contributed by atoms with E-state index in [9.17, 15) is 0 Å². The minimum absolute atomic E-state index is 0.662. The van der Waals surface area contributed by atoms with Crippen molar-refractivity contribution in [1.29, 1.82) is 0 Å². The normalized spacial score (nSPS) is 32.5. The topological polar surface area (TPSA) is 24.9 Å². The van der Waals surface area contributed by atoms with Crippen molar-refractivity contribution in [2.45, 2.75) is 45.6 Å². The number of likely N-dealkylation sites (N-methyl/N-ethyl adjacent to an activating group) is 1. The Morgan fingerprint density at radius 3 is 2.59 bits per heavy atom. The number of hydrogen-bond donors (Lipinski definition) is 1. The van der Waals surface area contributed by atoms with Crippen LogP contribution in [0.2, 0.25) is 0 Å². The fourth-order valence-corrected chi connectivity index (χ4v) is 4.71. The largest absolute Gasteiger partial charge is 0.316 e. The average Bonchev–Trinajstić information content (AvgIpc) is 2.66. The van der Waals surface area contributed by atoms with Gasteiger partial charge in [0.2, 0.25) is 0 Å². The molecule has 0 bridgehead atoms. The molecule has 1 N–H and O–H groups in total. The van der Waals surface area contributed by atoms with Crippen molar-refractivity contribution in [3.05, 3.63) is 15.6 Å². The SMILES string of the molecule is CNC(Cc1nc(C)c(C)s1)C1C2CCCC21. The number of nitrogens with one attached hydrogen (secondary N) is 1. The van der Waals surface area contributed by atoms with Gasteiger partial charge in [0.05, 0.1) is 10.7 Å². The Morgan fingerprint density at radius 2 is 2.06 bits per heavy atom. The molecule has 2 aliphatic rings. The monoisotopic (exact) mass is 250 g/mol. The molecule has 1 aromatic rings. The summed E-state index contributed by atoms with van der Waals surface area (Å²) in [7, 11) is 2.12. The summed E-state index contributed by atoms with van der Waals surface area (Å²) in [5, 5.41) is 4.86. The number of thiazole rings is 1. The van der Waals surface area contributed by atoms with Gasteiger partial charge < -0.3 is 5.32 Å². The van der Waals surface area contributed by atoms with Crippen LogP contribution in [-0.4, -0.2) is 18.1 Å². The summed E-state index contributed by atoms with van der Waals surface area (Å²) >= 11 is 1.88. The van der Waals surface area contributed by atoms with Crippen molar-refractivity contribution >= 4 is 11.3 Å². The molecule has 0 spiro atoms. The van der Waals surface area contributed by atoms with E-state index in [1.807, 2.05) is 11.3 Å². The number of aromatic nitrogens is 1. The van der Waals surface area contributed by atoms with Gasteiger partial charge >= 0.3 is 0 Å². The highest BCUT2D eigenvalue weighted by molar-refractivity contribution is 7.11. The molecule has 17 heavy (non-hydrogen) atoms. The zero-order valence-corrected chi connectivity index (χ0v) is 11.8. The maximum atomic E-state index is 4.68. The predicted octanol–water partition coefficient (Wildman–Crippen LogP) is 2.94. The molecule has 3 atom stereocenters. The molecule has 94 valence electrons. The van der Waals surface area contributed by atoms with Gasteiger partial charge in [-0.3, -0.25) is 0 Å². The molecule has 0 saturated heterocycles. The molecule has 2 nitrogen and oxygen atoms in total. The van der Waals surface area contributed by atoms with Crippen LogP contribution in [0.1, 0.15) is 34.8 Å². The number of nitrogens with zero attached hydrogens (tertiary/aromatic N) is 1. The standard InChI is InChI=1S/C14H22N2S/c1-8-9(2)17-13(16-8)7-12(15-3)14-10-5-4-6-11(10)14/h10-12,14-15H,4-7H2,1-3H3. The van der Waals surface area contributed by atoms with Crippen LogP contribution in [0.3, 0.4) is 0 Å². The molecule has 0 radical (unpaired) electrons. The molecule has 3 heteroatoms. The Kier molecular flexibility index (Phi) is 2.99. The Bertz CT molecular complexity index is 383. The Balaban J connectivity index is 1.66. The van der Waals surface area contributed by atoms with Gasteiger partial charge in [0.1, 0.15) is 0 Å².